The number of aryl methyl sites for hydroxylation is 1. The minimum atomic E-state index is -1.21. The molecule has 1 amide bonds. The van der Waals surface area contributed by atoms with Crippen LogP contribution in [0.3, 0.4) is 0 Å². The quantitative estimate of drug-likeness (QED) is 0.115. The van der Waals surface area contributed by atoms with Gasteiger partial charge in [0.25, 0.3) is 5.91 Å². The van der Waals surface area contributed by atoms with Crippen LogP contribution < -0.4 is 15.0 Å². The Kier molecular flexibility index (Phi) is 13.0. The fourth-order valence-electron chi connectivity index (χ4n) is 5.79. The van der Waals surface area contributed by atoms with Gasteiger partial charge in [0, 0.05) is 54.3 Å². The highest BCUT2D eigenvalue weighted by Gasteiger charge is 2.20. The van der Waals surface area contributed by atoms with Crippen LogP contribution in [0.5, 0.6) is 5.75 Å². The Labute approximate surface area is 287 Å². The van der Waals surface area contributed by atoms with E-state index >= 15 is 0 Å². The van der Waals surface area contributed by atoms with Crippen LogP contribution in [0.2, 0.25) is 0 Å². The number of unbranched alkanes of at least 4 members (excludes halogenated alkanes) is 1. The van der Waals surface area contributed by atoms with Crippen LogP contribution >= 0.6 is 0 Å². The molecule has 8 nitrogen and oxygen atoms in total. The minimum Gasteiger partial charge on any atom is -0.491 e. The summed E-state index contributed by atoms with van der Waals surface area (Å²) in [6.07, 6.45) is 10.4. The summed E-state index contributed by atoms with van der Waals surface area (Å²) < 4.78 is 26.6. The van der Waals surface area contributed by atoms with Crippen molar-refractivity contribution in [2.75, 3.05) is 43.1 Å². The lowest BCUT2D eigenvalue weighted by Crippen LogP contribution is -2.26. The molecule has 1 aliphatic rings. The third-order valence-corrected chi connectivity index (χ3v) is 9.73. The molecule has 0 fully saturated rings. The molecule has 1 N–H and O–H groups in total. The van der Waals surface area contributed by atoms with Gasteiger partial charge in [0.1, 0.15) is 12.4 Å². The first kappa shape index (κ1) is 35.1. The summed E-state index contributed by atoms with van der Waals surface area (Å²) >= 11 is 0. The normalized spacial score (nSPS) is 13.4. The molecular weight excluding hydrogens is 621 g/mol. The Morgan fingerprint density at radius 2 is 1.67 bits per heavy atom. The second-order valence-electron chi connectivity index (χ2n) is 12.1. The van der Waals surface area contributed by atoms with Crippen molar-refractivity contribution in [2.24, 2.45) is 0 Å². The highest BCUT2D eigenvalue weighted by Crippen LogP contribution is 2.33. The van der Waals surface area contributed by atoms with E-state index in [2.05, 4.69) is 70.9 Å². The summed E-state index contributed by atoms with van der Waals surface area (Å²) in [5.41, 5.74) is 6.70. The van der Waals surface area contributed by atoms with E-state index in [0.717, 1.165) is 96.2 Å². The van der Waals surface area contributed by atoms with Crippen molar-refractivity contribution in [2.45, 2.75) is 70.1 Å². The Hall–Kier alpha value is -4.21. The average molecular weight is 669 g/mol. The number of fused-ring (bicyclic) bond motifs is 1. The fraction of sp³-hybridized carbons (Fsp3) is 0.385. The van der Waals surface area contributed by atoms with Gasteiger partial charge in [0.05, 0.1) is 35.2 Å². The number of ether oxygens (including phenoxy) is 2. The molecule has 0 saturated heterocycles. The third kappa shape index (κ3) is 9.45. The molecule has 2 heterocycles. The lowest BCUT2D eigenvalue weighted by atomic mass is 10.00. The molecule has 4 aromatic rings. The van der Waals surface area contributed by atoms with Gasteiger partial charge in [0.15, 0.2) is 0 Å². The number of rotatable bonds is 17. The minimum absolute atomic E-state index is 0.123. The second kappa shape index (κ2) is 17.8. The number of anilines is 2. The maximum absolute atomic E-state index is 13.6. The number of aromatic nitrogens is 2. The molecule has 1 aliphatic heterocycles. The van der Waals surface area contributed by atoms with Crippen molar-refractivity contribution >= 4 is 34.2 Å². The molecule has 5 rings (SSSR count). The van der Waals surface area contributed by atoms with Crippen molar-refractivity contribution in [1.29, 1.82) is 0 Å². The van der Waals surface area contributed by atoms with Crippen LogP contribution in [-0.4, -0.2) is 52.6 Å². The number of imidazole rings is 1. The molecule has 0 unspecified atom stereocenters. The molecule has 0 spiro atoms. The van der Waals surface area contributed by atoms with Gasteiger partial charge < -0.3 is 24.3 Å². The Morgan fingerprint density at radius 3 is 2.42 bits per heavy atom. The van der Waals surface area contributed by atoms with Crippen molar-refractivity contribution in [3.8, 4) is 16.9 Å². The molecule has 3 aromatic carbocycles. The number of hydrogen-bond donors (Lipinski definition) is 1. The van der Waals surface area contributed by atoms with Crippen molar-refractivity contribution < 1.29 is 18.5 Å². The first-order valence-electron chi connectivity index (χ1n) is 17.2. The number of amides is 1. The first-order valence-corrected chi connectivity index (χ1v) is 18.5. The van der Waals surface area contributed by atoms with Gasteiger partial charge in [-0.3, -0.25) is 9.00 Å². The number of carbonyl (C=O) groups is 1. The number of nitrogens with one attached hydrogen (secondary N) is 1. The van der Waals surface area contributed by atoms with Crippen LogP contribution in [0, 0.1) is 0 Å². The van der Waals surface area contributed by atoms with E-state index < -0.39 is 10.8 Å². The van der Waals surface area contributed by atoms with Crippen molar-refractivity contribution in [1.82, 2.24) is 9.55 Å². The van der Waals surface area contributed by atoms with E-state index in [1.54, 1.807) is 12.5 Å². The molecule has 254 valence electrons. The number of carbonyl (C=O) groups excluding carboxylic acids is 1. The zero-order valence-corrected chi connectivity index (χ0v) is 29.3. The average Bonchev–Trinajstić information content (AvgIpc) is 3.45. The van der Waals surface area contributed by atoms with Gasteiger partial charge in [-0.2, -0.15) is 0 Å². The predicted octanol–water partition coefficient (Wildman–Crippen LogP) is 8.11. The summed E-state index contributed by atoms with van der Waals surface area (Å²) in [7, 11) is -1.21. The number of hydrogen-bond acceptors (Lipinski definition) is 6. The summed E-state index contributed by atoms with van der Waals surface area (Å²) in [6, 6.07) is 21.9. The topological polar surface area (TPSA) is 85.7 Å². The highest BCUT2D eigenvalue weighted by atomic mass is 32.2. The molecule has 1 atom stereocenters. The first-order chi connectivity index (χ1) is 23.5. The highest BCUT2D eigenvalue weighted by molar-refractivity contribution is 7.84. The number of nitrogens with zero attached hydrogens (tertiary/aromatic N) is 3. The molecule has 48 heavy (non-hydrogen) atoms. The number of benzene rings is 3. The second-order valence-corrected chi connectivity index (χ2v) is 13.5. The Bertz CT molecular complexity index is 1680. The molecule has 9 heteroatoms. The molecule has 0 radical (unpaired) electrons. The van der Waals surface area contributed by atoms with Crippen LogP contribution in [0.1, 0.15) is 64.1 Å². The van der Waals surface area contributed by atoms with Crippen LogP contribution in [0.15, 0.2) is 89.7 Å². The van der Waals surface area contributed by atoms with Gasteiger partial charge in [-0.15, -0.1) is 0 Å². The van der Waals surface area contributed by atoms with Gasteiger partial charge >= 0.3 is 0 Å². The zero-order valence-electron chi connectivity index (χ0n) is 28.5. The molecule has 0 bridgehead atoms. The summed E-state index contributed by atoms with van der Waals surface area (Å²) in [6.45, 7) is 10.9. The predicted molar refractivity (Wildman–Crippen MR) is 196 cm³/mol. The smallest absolute Gasteiger partial charge is 0.251 e. The van der Waals surface area contributed by atoms with E-state index in [9.17, 15) is 9.00 Å². The van der Waals surface area contributed by atoms with Crippen LogP contribution in [-0.2, 0) is 32.6 Å². The van der Waals surface area contributed by atoms with Gasteiger partial charge in [-0.25, -0.2) is 4.98 Å². The summed E-state index contributed by atoms with van der Waals surface area (Å²) in [5, 5.41) is 3.08. The van der Waals surface area contributed by atoms with Gasteiger partial charge in [-0.1, -0.05) is 45.4 Å². The van der Waals surface area contributed by atoms with Gasteiger partial charge in [0.2, 0.25) is 0 Å². The monoisotopic (exact) mass is 668 g/mol. The Morgan fingerprint density at radius 1 is 0.896 bits per heavy atom. The van der Waals surface area contributed by atoms with E-state index in [-0.39, 0.29) is 5.91 Å². The Balaban J connectivity index is 1.26. The van der Waals surface area contributed by atoms with E-state index in [1.807, 2.05) is 42.5 Å². The third-order valence-electron chi connectivity index (χ3n) is 8.38. The molecule has 0 saturated carbocycles. The van der Waals surface area contributed by atoms with Crippen LogP contribution in [0.25, 0.3) is 17.2 Å². The van der Waals surface area contributed by atoms with Crippen molar-refractivity contribution in [3.63, 3.8) is 0 Å². The fourth-order valence-corrected chi connectivity index (χ4v) is 6.91. The lowest BCUT2D eigenvalue weighted by molar-refractivity contribution is -0.112. The maximum atomic E-state index is 13.6. The molecule has 0 aliphatic carbocycles. The standard InChI is InChI=1S/C39H48N4O4S/c1-4-7-22-46-23-24-47-36-13-8-30(9-14-36)31-10-17-38-33(25-31)26-32(18-21-42(38)19-5-2)39(44)41-34-11-15-37(16-12-34)48(45)28-35-27-40-29-43(35)20-6-3/h8-17,25-27,29H,4-7,18-24,28H2,1-3H3,(H,41,44)/t48-/m0/s1. The largest absolute Gasteiger partial charge is 0.491 e. The van der Waals surface area contributed by atoms with Crippen molar-refractivity contribution in [3.05, 3.63) is 96.1 Å². The van der Waals surface area contributed by atoms with E-state index in [4.69, 9.17) is 9.47 Å². The van der Waals surface area contributed by atoms with E-state index in [0.29, 0.717) is 31.1 Å². The lowest BCUT2D eigenvalue weighted by Gasteiger charge is -2.25. The van der Waals surface area contributed by atoms with Gasteiger partial charge in [-0.05, 0) is 97.0 Å². The van der Waals surface area contributed by atoms with E-state index in [1.165, 1.54) is 0 Å². The molecular formula is C39H48N4O4S. The zero-order chi connectivity index (χ0) is 33.7. The maximum Gasteiger partial charge on any atom is 0.251 e. The molecule has 1 aromatic heterocycles. The SMILES string of the molecule is CCCCOCCOc1ccc(-c2ccc3c(c2)C=C(C(=O)Nc2ccc([S@@](=O)Cc4cncn4CCC)cc2)CCN3CCC)cc1. The summed E-state index contributed by atoms with van der Waals surface area (Å²) in [4.78, 5) is 20.9. The summed E-state index contributed by atoms with van der Waals surface area (Å²) in [5.74, 6) is 1.10. The van der Waals surface area contributed by atoms with Crippen LogP contribution in [0.4, 0.5) is 11.4 Å².